The van der Waals surface area contributed by atoms with Crippen LogP contribution in [-0.4, -0.2) is 33.3 Å². The number of nitrogens with one attached hydrogen (secondary N) is 1. The van der Waals surface area contributed by atoms with Crippen molar-refractivity contribution in [1.82, 2.24) is 4.72 Å². The summed E-state index contributed by atoms with van der Waals surface area (Å²) in [5.41, 5.74) is 1.58. The summed E-state index contributed by atoms with van der Waals surface area (Å²) in [5.74, 6) is 0. The van der Waals surface area contributed by atoms with E-state index in [1.807, 2.05) is 52.0 Å². The van der Waals surface area contributed by atoms with Gasteiger partial charge in [-0.15, -0.1) is 0 Å². The van der Waals surface area contributed by atoms with Crippen LogP contribution in [0, 0.1) is 6.57 Å². The van der Waals surface area contributed by atoms with Crippen LogP contribution in [0.2, 0.25) is 0 Å². The Morgan fingerprint density at radius 1 is 0.966 bits per heavy atom. The molecule has 0 saturated carbocycles. The SMILES string of the molecule is [C-]#[N+]c1ccc(S(=O)(=O)NCCc2ccc(B3OC(C)(C)C(C)(C)O3)cc2)cc1. The monoisotopic (exact) mass is 412 g/mol. The minimum Gasteiger partial charge on any atom is -0.399 e. The first-order valence-electron chi connectivity index (χ1n) is 9.46. The highest BCUT2D eigenvalue weighted by Gasteiger charge is 2.51. The lowest BCUT2D eigenvalue weighted by Gasteiger charge is -2.32. The quantitative estimate of drug-likeness (QED) is 0.585. The Morgan fingerprint density at radius 2 is 1.52 bits per heavy atom. The zero-order valence-electron chi connectivity index (χ0n) is 17.1. The molecule has 1 fully saturated rings. The third-order valence-corrected chi connectivity index (χ3v) is 6.96. The Morgan fingerprint density at radius 3 is 2.03 bits per heavy atom. The fraction of sp³-hybridized carbons (Fsp3) is 0.381. The van der Waals surface area contributed by atoms with Crippen molar-refractivity contribution in [3.05, 3.63) is 65.5 Å². The van der Waals surface area contributed by atoms with Crippen LogP contribution in [0.3, 0.4) is 0 Å². The van der Waals surface area contributed by atoms with Crippen molar-refractivity contribution in [3.8, 4) is 0 Å². The molecule has 3 rings (SSSR count). The summed E-state index contributed by atoms with van der Waals surface area (Å²) in [6, 6.07) is 13.7. The highest BCUT2D eigenvalue weighted by atomic mass is 32.2. The van der Waals surface area contributed by atoms with Gasteiger partial charge in [-0.3, -0.25) is 0 Å². The molecular formula is C21H25BN2O4S. The fourth-order valence-corrected chi connectivity index (χ4v) is 3.97. The molecule has 1 N–H and O–H groups in total. The fourth-order valence-electron chi connectivity index (χ4n) is 2.93. The molecule has 1 aliphatic rings. The number of rotatable bonds is 6. The lowest BCUT2D eigenvalue weighted by molar-refractivity contribution is 0.00578. The van der Waals surface area contributed by atoms with Gasteiger partial charge in [-0.1, -0.05) is 48.5 Å². The van der Waals surface area contributed by atoms with Crippen LogP contribution in [0.4, 0.5) is 5.69 Å². The van der Waals surface area contributed by atoms with E-state index < -0.39 is 17.1 Å². The second kappa shape index (κ2) is 7.92. The Hall–Kier alpha value is -2.18. The average molecular weight is 412 g/mol. The maximum Gasteiger partial charge on any atom is 0.494 e. The summed E-state index contributed by atoms with van der Waals surface area (Å²) in [5, 5.41) is 0. The first-order chi connectivity index (χ1) is 13.5. The molecule has 0 aromatic heterocycles. The largest absolute Gasteiger partial charge is 0.494 e. The van der Waals surface area contributed by atoms with E-state index in [9.17, 15) is 8.42 Å². The van der Waals surface area contributed by atoms with Crippen LogP contribution >= 0.6 is 0 Å². The molecule has 1 saturated heterocycles. The minimum absolute atomic E-state index is 0.154. The predicted molar refractivity (Wildman–Crippen MR) is 114 cm³/mol. The van der Waals surface area contributed by atoms with E-state index in [-0.39, 0.29) is 22.6 Å². The molecule has 0 amide bonds. The molecule has 152 valence electrons. The molecule has 0 unspecified atom stereocenters. The highest BCUT2D eigenvalue weighted by molar-refractivity contribution is 7.89. The van der Waals surface area contributed by atoms with Crippen molar-refractivity contribution in [1.29, 1.82) is 0 Å². The molecular weight excluding hydrogens is 387 g/mol. The summed E-state index contributed by atoms with van der Waals surface area (Å²) >= 11 is 0. The molecule has 0 bridgehead atoms. The van der Waals surface area contributed by atoms with Crippen molar-refractivity contribution in [2.24, 2.45) is 0 Å². The highest BCUT2D eigenvalue weighted by Crippen LogP contribution is 2.36. The molecule has 1 heterocycles. The maximum atomic E-state index is 12.4. The topological polar surface area (TPSA) is 69.0 Å². The summed E-state index contributed by atoms with van der Waals surface area (Å²) < 4.78 is 39.4. The van der Waals surface area contributed by atoms with Crippen molar-refractivity contribution >= 4 is 28.3 Å². The van der Waals surface area contributed by atoms with Gasteiger partial charge in [0, 0.05) is 6.54 Å². The number of sulfonamides is 1. The summed E-state index contributed by atoms with van der Waals surface area (Å²) in [4.78, 5) is 3.42. The molecule has 29 heavy (non-hydrogen) atoms. The molecule has 0 aliphatic carbocycles. The second-order valence-electron chi connectivity index (χ2n) is 8.08. The van der Waals surface area contributed by atoms with E-state index in [0.29, 0.717) is 12.1 Å². The number of benzene rings is 2. The Labute approximate surface area is 173 Å². The average Bonchev–Trinajstić information content (AvgIpc) is 2.89. The van der Waals surface area contributed by atoms with Gasteiger partial charge in [0.05, 0.1) is 22.7 Å². The van der Waals surface area contributed by atoms with Crippen LogP contribution in [0.25, 0.3) is 4.85 Å². The third kappa shape index (κ3) is 4.70. The van der Waals surface area contributed by atoms with Gasteiger partial charge in [-0.25, -0.2) is 18.0 Å². The van der Waals surface area contributed by atoms with E-state index in [1.54, 1.807) is 0 Å². The van der Waals surface area contributed by atoms with E-state index in [0.717, 1.165) is 11.0 Å². The molecule has 0 spiro atoms. The Balaban J connectivity index is 1.57. The molecule has 0 radical (unpaired) electrons. The predicted octanol–water partition coefficient (Wildman–Crippen LogP) is 3.06. The van der Waals surface area contributed by atoms with E-state index in [1.165, 1.54) is 24.3 Å². The van der Waals surface area contributed by atoms with E-state index in [4.69, 9.17) is 15.9 Å². The molecule has 2 aromatic carbocycles. The Kier molecular flexibility index (Phi) is 5.88. The van der Waals surface area contributed by atoms with E-state index in [2.05, 4.69) is 9.57 Å². The van der Waals surface area contributed by atoms with Crippen molar-refractivity contribution in [2.75, 3.05) is 6.54 Å². The van der Waals surface area contributed by atoms with Crippen LogP contribution < -0.4 is 10.2 Å². The van der Waals surface area contributed by atoms with Gasteiger partial charge in [-0.05, 0) is 45.1 Å². The number of hydrogen-bond acceptors (Lipinski definition) is 4. The second-order valence-corrected chi connectivity index (χ2v) is 9.85. The summed E-state index contributed by atoms with van der Waals surface area (Å²) in [6.07, 6.45) is 0.559. The summed E-state index contributed by atoms with van der Waals surface area (Å²) in [6.45, 7) is 15.3. The first kappa shape index (κ1) is 21.5. The van der Waals surface area contributed by atoms with Gasteiger partial charge in [0.2, 0.25) is 10.0 Å². The lowest BCUT2D eigenvalue weighted by Crippen LogP contribution is -2.41. The Bertz CT molecular complexity index is 994. The molecule has 0 atom stereocenters. The standard InChI is InChI=1S/C21H25BN2O4S/c1-20(2)21(3,4)28-22(27-20)17-8-6-16(7-9-17)14-15-24-29(25,26)19-12-10-18(23-5)11-13-19/h6-13,24H,14-15H2,1-4H3. The number of nitrogens with zero attached hydrogens (tertiary/aromatic N) is 1. The lowest BCUT2D eigenvalue weighted by atomic mass is 9.79. The normalized spacial score (nSPS) is 17.8. The van der Waals surface area contributed by atoms with Gasteiger partial charge in [0.1, 0.15) is 0 Å². The molecule has 1 aliphatic heterocycles. The zero-order valence-corrected chi connectivity index (χ0v) is 17.9. The zero-order chi connectivity index (χ0) is 21.3. The first-order valence-corrected chi connectivity index (χ1v) is 10.9. The van der Waals surface area contributed by atoms with Crippen molar-refractivity contribution in [2.45, 2.75) is 50.2 Å². The van der Waals surface area contributed by atoms with Gasteiger partial charge < -0.3 is 9.31 Å². The van der Waals surface area contributed by atoms with Crippen LogP contribution in [-0.2, 0) is 25.8 Å². The maximum absolute atomic E-state index is 12.4. The van der Waals surface area contributed by atoms with Gasteiger partial charge in [-0.2, -0.15) is 0 Å². The molecule has 2 aromatic rings. The molecule has 6 nitrogen and oxygen atoms in total. The van der Waals surface area contributed by atoms with Crippen LogP contribution in [0.15, 0.2) is 53.4 Å². The van der Waals surface area contributed by atoms with Gasteiger partial charge in [0.25, 0.3) is 0 Å². The summed E-state index contributed by atoms with van der Waals surface area (Å²) in [7, 11) is -4.01. The van der Waals surface area contributed by atoms with Gasteiger partial charge in [0.15, 0.2) is 5.69 Å². The van der Waals surface area contributed by atoms with Crippen molar-refractivity contribution in [3.63, 3.8) is 0 Å². The van der Waals surface area contributed by atoms with Gasteiger partial charge >= 0.3 is 7.12 Å². The third-order valence-electron chi connectivity index (χ3n) is 5.49. The number of hydrogen-bond donors (Lipinski definition) is 1. The van der Waals surface area contributed by atoms with Crippen molar-refractivity contribution < 1.29 is 17.7 Å². The van der Waals surface area contributed by atoms with E-state index >= 15 is 0 Å². The van der Waals surface area contributed by atoms with Crippen LogP contribution in [0.1, 0.15) is 33.3 Å². The minimum atomic E-state index is -3.60. The van der Waals surface area contributed by atoms with Crippen LogP contribution in [0.5, 0.6) is 0 Å². The smallest absolute Gasteiger partial charge is 0.399 e. The molecule has 8 heteroatoms.